The molecule has 2 nitrogen and oxygen atoms in total. The number of nitrogens with one attached hydrogen (secondary N) is 1. The van der Waals surface area contributed by atoms with Gasteiger partial charge in [-0.25, -0.2) is 0 Å². The van der Waals surface area contributed by atoms with Gasteiger partial charge in [0.15, 0.2) is 0 Å². The molecule has 0 aromatic heterocycles. The maximum atomic E-state index is 12.0. The average Bonchev–Trinajstić information content (AvgIpc) is 2.86. The van der Waals surface area contributed by atoms with E-state index in [0.29, 0.717) is 0 Å². The number of amides is 1. The summed E-state index contributed by atoms with van der Waals surface area (Å²) in [5.41, 5.74) is 1.85. The first kappa shape index (κ1) is 14.6. The fraction of sp³-hybridized carbons (Fsp3) is 0.562. The van der Waals surface area contributed by atoms with Crippen LogP contribution >= 0.6 is 15.9 Å². The molecule has 1 N–H and O–H groups in total. The van der Waals surface area contributed by atoms with E-state index in [4.69, 9.17) is 0 Å². The Bertz CT molecular complexity index is 418. The third-order valence-corrected chi connectivity index (χ3v) is 4.31. The summed E-state index contributed by atoms with van der Waals surface area (Å²) in [5, 5.41) is 3.02. The summed E-state index contributed by atoms with van der Waals surface area (Å²) in [6.45, 7) is 2.79. The van der Waals surface area contributed by atoms with Gasteiger partial charge in [0.25, 0.3) is 5.91 Å². The summed E-state index contributed by atoms with van der Waals surface area (Å²) in [7, 11) is 0. The van der Waals surface area contributed by atoms with E-state index in [1.54, 1.807) is 0 Å². The van der Waals surface area contributed by atoms with E-state index >= 15 is 0 Å². The first-order valence-electron chi connectivity index (χ1n) is 7.20. The third kappa shape index (κ3) is 4.64. The van der Waals surface area contributed by atoms with Crippen molar-refractivity contribution in [2.45, 2.75) is 45.4 Å². The van der Waals surface area contributed by atoms with E-state index in [0.717, 1.165) is 34.5 Å². The molecule has 0 heterocycles. The van der Waals surface area contributed by atoms with E-state index in [-0.39, 0.29) is 5.91 Å². The molecule has 104 valence electrons. The van der Waals surface area contributed by atoms with Crippen molar-refractivity contribution in [3.05, 3.63) is 33.8 Å². The summed E-state index contributed by atoms with van der Waals surface area (Å²) >= 11 is 3.43. The number of hydrogen-bond donors (Lipinski definition) is 1. The lowest BCUT2D eigenvalue weighted by Gasteiger charge is -2.10. The smallest absolute Gasteiger partial charge is 0.251 e. The van der Waals surface area contributed by atoms with Gasteiger partial charge in [-0.1, -0.05) is 41.6 Å². The van der Waals surface area contributed by atoms with Gasteiger partial charge in [0.1, 0.15) is 0 Å². The predicted octanol–water partition coefficient (Wildman–Crippen LogP) is 4.46. The number of carbonyl (C=O) groups excluding carboxylic acids is 1. The molecule has 1 aromatic rings. The number of carbonyl (C=O) groups is 1. The SMILES string of the molecule is Cc1cc(Br)cc(C(=O)NCCCC2CCCC2)c1. The summed E-state index contributed by atoms with van der Waals surface area (Å²) in [4.78, 5) is 12.0. The van der Waals surface area contributed by atoms with Crippen LogP contribution in [0.25, 0.3) is 0 Å². The summed E-state index contributed by atoms with van der Waals surface area (Å²) in [6.07, 6.45) is 7.93. The van der Waals surface area contributed by atoms with Crippen molar-refractivity contribution in [2.24, 2.45) is 5.92 Å². The van der Waals surface area contributed by atoms with Crippen LogP contribution in [0.3, 0.4) is 0 Å². The highest BCUT2D eigenvalue weighted by molar-refractivity contribution is 9.10. The van der Waals surface area contributed by atoms with Gasteiger partial charge in [0.2, 0.25) is 0 Å². The Morgan fingerprint density at radius 2 is 2.05 bits per heavy atom. The van der Waals surface area contributed by atoms with Crippen LogP contribution in [0, 0.1) is 12.8 Å². The predicted molar refractivity (Wildman–Crippen MR) is 82.4 cm³/mol. The Balaban J connectivity index is 1.74. The van der Waals surface area contributed by atoms with Gasteiger partial charge < -0.3 is 5.32 Å². The van der Waals surface area contributed by atoms with Crippen LogP contribution < -0.4 is 5.32 Å². The van der Waals surface area contributed by atoms with Crippen molar-refractivity contribution in [1.82, 2.24) is 5.32 Å². The number of benzene rings is 1. The summed E-state index contributed by atoms with van der Waals surface area (Å²) < 4.78 is 0.962. The van der Waals surface area contributed by atoms with E-state index in [9.17, 15) is 4.79 Å². The van der Waals surface area contributed by atoms with E-state index in [2.05, 4.69) is 21.2 Å². The van der Waals surface area contributed by atoms with Crippen LogP contribution in [0.15, 0.2) is 22.7 Å². The van der Waals surface area contributed by atoms with Gasteiger partial charge in [0.05, 0.1) is 0 Å². The van der Waals surface area contributed by atoms with Gasteiger partial charge >= 0.3 is 0 Å². The van der Waals surface area contributed by atoms with E-state index < -0.39 is 0 Å². The standard InChI is InChI=1S/C16H22BrNO/c1-12-9-14(11-15(17)10-12)16(19)18-8-4-7-13-5-2-3-6-13/h9-11,13H,2-8H2,1H3,(H,18,19). The van der Waals surface area contributed by atoms with Gasteiger partial charge in [-0.3, -0.25) is 4.79 Å². The quantitative estimate of drug-likeness (QED) is 0.796. The molecule has 19 heavy (non-hydrogen) atoms. The minimum Gasteiger partial charge on any atom is -0.352 e. The molecule has 0 saturated heterocycles. The second-order valence-electron chi connectivity index (χ2n) is 5.57. The first-order valence-corrected chi connectivity index (χ1v) is 8.00. The number of rotatable bonds is 5. The van der Waals surface area contributed by atoms with Gasteiger partial charge in [-0.15, -0.1) is 0 Å². The lowest BCUT2D eigenvalue weighted by Crippen LogP contribution is -2.24. The molecule has 0 atom stereocenters. The lowest BCUT2D eigenvalue weighted by atomic mass is 10.0. The van der Waals surface area contributed by atoms with Crippen molar-refractivity contribution >= 4 is 21.8 Å². The maximum Gasteiger partial charge on any atom is 0.251 e. The minimum atomic E-state index is 0.0378. The van der Waals surface area contributed by atoms with Crippen molar-refractivity contribution in [3.8, 4) is 0 Å². The van der Waals surface area contributed by atoms with Crippen LogP contribution in [0.2, 0.25) is 0 Å². The number of aryl methyl sites for hydroxylation is 1. The molecule has 3 heteroatoms. The zero-order valence-corrected chi connectivity index (χ0v) is 13.1. The Kier molecular flexibility index (Phi) is 5.44. The van der Waals surface area contributed by atoms with E-state index in [1.165, 1.54) is 32.1 Å². The maximum absolute atomic E-state index is 12.0. The largest absolute Gasteiger partial charge is 0.352 e. The molecule has 1 amide bonds. The normalized spacial score (nSPS) is 15.7. The Morgan fingerprint density at radius 1 is 1.32 bits per heavy atom. The van der Waals surface area contributed by atoms with Crippen LogP contribution in [0.1, 0.15) is 54.4 Å². The molecule has 0 unspecified atom stereocenters. The molecule has 0 spiro atoms. The molecule has 0 aliphatic heterocycles. The molecular formula is C16H22BrNO. The Hall–Kier alpha value is -0.830. The van der Waals surface area contributed by atoms with Crippen LogP contribution in [0.5, 0.6) is 0 Å². The Morgan fingerprint density at radius 3 is 2.74 bits per heavy atom. The number of hydrogen-bond acceptors (Lipinski definition) is 1. The third-order valence-electron chi connectivity index (χ3n) is 3.85. The molecule has 0 bridgehead atoms. The molecule has 1 aliphatic carbocycles. The van der Waals surface area contributed by atoms with Gasteiger partial charge in [-0.2, -0.15) is 0 Å². The highest BCUT2D eigenvalue weighted by Crippen LogP contribution is 2.28. The minimum absolute atomic E-state index is 0.0378. The average molecular weight is 324 g/mol. The fourth-order valence-corrected chi connectivity index (χ4v) is 3.47. The monoisotopic (exact) mass is 323 g/mol. The molecular weight excluding hydrogens is 302 g/mol. The molecule has 2 rings (SSSR count). The second-order valence-corrected chi connectivity index (χ2v) is 6.48. The summed E-state index contributed by atoms with van der Waals surface area (Å²) in [6, 6.07) is 5.81. The van der Waals surface area contributed by atoms with Gasteiger partial charge in [-0.05, 0) is 49.4 Å². The topological polar surface area (TPSA) is 29.1 Å². The van der Waals surface area contributed by atoms with Crippen molar-refractivity contribution in [1.29, 1.82) is 0 Å². The molecule has 0 radical (unpaired) electrons. The van der Waals surface area contributed by atoms with Crippen LogP contribution in [-0.2, 0) is 0 Å². The van der Waals surface area contributed by atoms with E-state index in [1.807, 2.05) is 25.1 Å². The molecule has 1 fully saturated rings. The zero-order valence-electron chi connectivity index (χ0n) is 11.5. The molecule has 1 saturated carbocycles. The van der Waals surface area contributed by atoms with Crippen LogP contribution in [-0.4, -0.2) is 12.5 Å². The first-order chi connectivity index (χ1) is 9.15. The van der Waals surface area contributed by atoms with Gasteiger partial charge in [0, 0.05) is 16.6 Å². The fourth-order valence-electron chi connectivity index (χ4n) is 2.86. The Labute approximate surface area is 124 Å². The second kappa shape index (κ2) is 7.09. The van der Waals surface area contributed by atoms with Crippen molar-refractivity contribution in [3.63, 3.8) is 0 Å². The molecule has 1 aromatic carbocycles. The highest BCUT2D eigenvalue weighted by atomic mass is 79.9. The highest BCUT2D eigenvalue weighted by Gasteiger charge is 2.14. The lowest BCUT2D eigenvalue weighted by molar-refractivity contribution is 0.0952. The van der Waals surface area contributed by atoms with Crippen molar-refractivity contribution in [2.75, 3.05) is 6.54 Å². The van der Waals surface area contributed by atoms with Crippen LogP contribution in [0.4, 0.5) is 0 Å². The van der Waals surface area contributed by atoms with Crippen molar-refractivity contribution < 1.29 is 4.79 Å². The summed E-state index contributed by atoms with van der Waals surface area (Å²) in [5.74, 6) is 0.945. The molecule has 1 aliphatic rings. The zero-order chi connectivity index (χ0) is 13.7. The number of halogens is 1.